The summed E-state index contributed by atoms with van der Waals surface area (Å²) in [6.07, 6.45) is 4.33. The Morgan fingerprint density at radius 3 is 3.00 bits per heavy atom. The lowest BCUT2D eigenvalue weighted by Gasteiger charge is -2.11. The fraction of sp³-hybridized carbons (Fsp3) is 0.333. The maximum Gasteiger partial charge on any atom is 0.119 e. The van der Waals surface area contributed by atoms with Crippen molar-refractivity contribution in [3.8, 4) is 5.75 Å². The molecule has 96 valence electrons. The van der Waals surface area contributed by atoms with Gasteiger partial charge in [0.25, 0.3) is 0 Å². The van der Waals surface area contributed by atoms with Crippen molar-refractivity contribution in [2.24, 2.45) is 0 Å². The predicted octanol–water partition coefficient (Wildman–Crippen LogP) is 2.30. The second-order valence-electron chi connectivity index (χ2n) is 4.36. The molecule has 2 N–H and O–H groups in total. The maximum absolute atomic E-state index is 5.28. The first-order valence-electron chi connectivity index (χ1n) is 6.21. The summed E-state index contributed by atoms with van der Waals surface area (Å²) in [4.78, 5) is 0. The van der Waals surface area contributed by atoms with Crippen LogP contribution in [0.25, 0.3) is 5.57 Å². The number of hydrogen-bond acceptors (Lipinski definition) is 3. The molecule has 0 aromatic heterocycles. The van der Waals surface area contributed by atoms with Crippen molar-refractivity contribution in [3.63, 3.8) is 0 Å². The lowest BCUT2D eigenvalue weighted by Crippen LogP contribution is -2.23. The van der Waals surface area contributed by atoms with Gasteiger partial charge in [-0.1, -0.05) is 18.7 Å². The molecule has 3 nitrogen and oxygen atoms in total. The van der Waals surface area contributed by atoms with E-state index in [2.05, 4.69) is 35.4 Å². The second kappa shape index (κ2) is 5.63. The van der Waals surface area contributed by atoms with E-state index in [4.69, 9.17) is 4.74 Å². The zero-order chi connectivity index (χ0) is 13.0. The van der Waals surface area contributed by atoms with Crippen molar-refractivity contribution in [3.05, 3.63) is 47.8 Å². The first kappa shape index (κ1) is 12.6. The largest absolute Gasteiger partial charge is 0.497 e. The topological polar surface area (TPSA) is 33.3 Å². The van der Waals surface area contributed by atoms with Crippen molar-refractivity contribution in [2.75, 3.05) is 20.7 Å². The summed E-state index contributed by atoms with van der Waals surface area (Å²) >= 11 is 0. The van der Waals surface area contributed by atoms with Crippen LogP contribution >= 0.6 is 0 Å². The average Bonchev–Trinajstić information content (AvgIpc) is 2.81. The molecule has 0 amide bonds. The quantitative estimate of drug-likeness (QED) is 0.805. The van der Waals surface area contributed by atoms with Crippen LogP contribution in [0, 0.1) is 0 Å². The van der Waals surface area contributed by atoms with Gasteiger partial charge in [0.2, 0.25) is 0 Å². The Morgan fingerprint density at radius 1 is 1.44 bits per heavy atom. The van der Waals surface area contributed by atoms with Gasteiger partial charge in [-0.3, -0.25) is 0 Å². The highest BCUT2D eigenvalue weighted by molar-refractivity contribution is 5.74. The Hall–Kier alpha value is -1.90. The molecule has 1 aliphatic carbocycles. The van der Waals surface area contributed by atoms with Gasteiger partial charge < -0.3 is 15.4 Å². The number of fused-ring (bicyclic) bond motifs is 1. The molecule has 0 spiro atoms. The van der Waals surface area contributed by atoms with E-state index >= 15 is 0 Å². The monoisotopic (exact) mass is 244 g/mol. The third kappa shape index (κ3) is 2.67. The first-order valence-corrected chi connectivity index (χ1v) is 6.21. The van der Waals surface area contributed by atoms with Crippen LogP contribution in [0.4, 0.5) is 0 Å². The normalized spacial score (nSPS) is 12.7. The molecule has 0 radical (unpaired) electrons. The Bertz CT molecular complexity index is 477. The van der Waals surface area contributed by atoms with E-state index < -0.39 is 0 Å². The number of benzene rings is 1. The molecule has 1 aromatic rings. The Morgan fingerprint density at radius 2 is 2.28 bits per heavy atom. The lowest BCUT2D eigenvalue weighted by atomic mass is 10.0. The van der Waals surface area contributed by atoms with Gasteiger partial charge >= 0.3 is 0 Å². The molecule has 0 unspecified atom stereocenters. The van der Waals surface area contributed by atoms with E-state index in [9.17, 15) is 0 Å². The van der Waals surface area contributed by atoms with Gasteiger partial charge in [0.15, 0.2) is 0 Å². The SMILES string of the molecule is C=C(NC)NCCC1=CCc2ccc(OC)cc21. The molecule has 0 heterocycles. The van der Waals surface area contributed by atoms with Crippen LogP contribution in [-0.2, 0) is 6.42 Å². The molecule has 3 heteroatoms. The molecule has 0 fully saturated rings. The standard InChI is InChI=1S/C15H20N2O/c1-11(16-2)17-9-8-13-5-4-12-6-7-14(18-3)10-15(12)13/h5-7,10,16-17H,1,4,8-9H2,2-3H3. The van der Waals surface area contributed by atoms with Crippen LogP contribution in [0.2, 0.25) is 0 Å². The highest BCUT2D eigenvalue weighted by Gasteiger charge is 2.14. The minimum absolute atomic E-state index is 0.861. The summed E-state index contributed by atoms with van der Waals surface area (Å²) in [5, 5.41) is 6.22. The smallest absolute Gasteiger partial charge is 0.119 e. The van der Waals surface area contributed by atoms with Crippen molar-refractivity contribution >= 4 is 5.57 Å². The van der Waals surface area contributed by atoms with Gasteiger partial charge in [-0.2, -0.15) is 0 Å². The summed E-state index contributed by atoms with van der Waals surface area (Å²) in [6, 6.07) is 6.30. The summed E-state index contributed by atoms with van der Waals surface area (Å²) in [7, 11) is 3.57. The molecule has 1 aliphatic rings. The highest BCUT2D eigenvalue weighted by Crippen LogP contribution is 2.32. The number of ether oxygens (including phenoxy) is 1. The van der Waals surface area contributed by atoms with Crippen LogP contribution in [0.15, 0.2) is 36.7 Å². The van der Waals surface area contributed by atoms with Crippen molar-refractivity contribution < 1.29 is 4.74 Å². The maximum atomic E-state index is 5.28. The number of rotatable bonds is 6. The van der Waals surface area contributed by atoms with Gasteiger partial charge in [-0.15, -0.1) is 0 Å². The molecule has 1 aromatic carbocycles. The molecule has 0 saturated carbocycles. The minimum Gasteiger partial charge on any atom is -0.497 e. The molecular weight excluding hydrogens is 224 g/mol. The Labute approximate surface area is 109 Å². The molecule has 0 aliphatic heterocycles. The van der Waals surface area contributed by atoms with E-state index in [1.54, 1.807) is 7.11 Å². The number of methoxy groups -OCH3 is 1. The van der Waals surface area contributed by atoms with Crippen LogP contribution < -0.4 is 15.4 Å². The highest BCUT2D eigenvalue weighted by atomic mass is 16.5. The summed E-state index contributed by atoms with van der Waals surface area (Å²) in [5.74, 6) is 1.79. The van der Waals surface area contributed by atoms with Gasteiger partial charge in [0.1, 0.15) is 5.75 Å². The number of hydrogen-bond donors (Lipinski definition) is 2. The first-order chi connectivity index (χ1) is 8.74. The van der Waals surface area contributed by atoms with Gasteiger partial charge in [0, 0.05) is 13.6 Å². The minimum atomic E-state index is 0.861. The fourth-order valence-electron chi connectivity index (χ4n) is 2.18. The Kier molecular flexibility index (Phi) is 3.92. The molecule has 2 rings (SSSR count). The number of nitrogens with one attached hydrogen (secondary N) is 2. The van der Waals surface area contributed by atoms with Crippen molar-refractivity contribution in [1.29, 1.82) is 0 Å². The van der Waals surface area contributed by atoms with E-state index in [1.165, 1.54) is 16.7 Å². The predicted molar refractivity (Wildman–Crippen MR) is 75.5 cm³/mol. The lowest BCUT2D eigenvalue weighted by molar-refractivity contribution is 0.414. The van der Waals surface area contributed by atoms with Crippen LogP contribution in [-0.4, -0.2) is 20.7 Å². The van der Waals surface area contributed by atoms with Crippen molar-refractivity contribution in [2.45, 2.75) is 12.8 Å². The zero-order valence-electron chi connectivity index (χ0n) is 11.0. The summed E-state index contributed by atoms with van der Waals surface area (Å²) in [6.45, 7) is 4.74. The summed E-state index contributed by atoms with van der Waals surface area (Å²) in [5.41, 5.74) is 4.10. The van der Waals surface area contributed by atoms with Gasteiger partial charge in [-0.25, -0.2) is 0 Å². The van der Waals surface area contributed by atoms with E-state index in [-0.39, 0.29) is 0 Å². The number of allylic oxidation sites excluding steroid dienone is 1. The van der Waals surface area contributed by atoms with E-state index in [1.807, 2.05) is 13.1 Å². The van der Waals surface area contributed by atoms with Crippen LogP contribution in [0.3, 0.4) is 0 Å². The molecule has 0 saturated heterocycles. The second-order valence-corrected chi connectivity index (χ2v) is 4.36. The zero-order valence-corrected chi connectivity index (χ0v) is 11.0. The van der Waals surface area contributed by atoms with Crippen molar-refractivity contribution in [1.82, 2.24) is 10.6 Å². The average molecular weight is 244 g/mol. The molecule has 0 bridgehead atoms. The third-order valence-corrected chi connectivity index (χ3v) is 3.27. The Balaban J connectivity index is 1.99. The van der Waals surface area contributed by atoms with Gasteiger partial charge in [0.05, 0.1) is 12.9 Å². The molecule has 18 heavy (non-hydrogen) atoms. The van der Waals surface area contributed by atoms with E-state index in [0.717, 1.165) is 31.0 Å². The molecular formula is C15H20N2O. The van der Waals surface area contributed by atoms with Gasteiger partial charge in [-0.05, 0) is 41.7 Å². The van der Waals surface area contributed by atoms with Crippen LogP contribution in [0.5, 0.6) is 5.75 Å². The molecule has 0 atom stereocenters. The summed E-state index contributed by atoms with van der Waals surface area (Å²) < 4.78 is 5.28. The fourth-order valence-corrected chi connectivity index (χ4v) is 2.18. The van der Waals surface area contributed by atoms with Crippen LogP contribution in [0.1, 0.15) is 17.5 Å². The third-order valence-electron chi connectivity index (χ3n) is 3.27. The van der Waals surface area contributed by atoms with E-state index in [0.29, 0.717) is 0 Å².